The molecule has 4 heteroatoms. The Hall–Kier alpha value is -0.870. The molecule has 2 aliphatic heterocycles. The van der Waals surface area contributed by atoms with Crippen LogP contribution in [0.5, 0.6) is 11.5 Å². The monoisotopic (exact) mass is 279 g/mol. The molecule has 3 nitrogen and oxygen atoms in total. The molecule has 2 heterocycles. The van der Waals surface area contributed by atoms with Crippen molar-refractivity contribution in [2.45, 2.75) is 31.1 Å². The summed E-state index contributed by atoms with van der Waals surface area (Å²) in [6.07, 6.45) is 2.35. The Bertz CT molecular complexity index is 438. The Morgan fingerprint density at radius 3 is 2.89 bits per heavy atom. The van der Waals surface area contributed by atoms with E-state index in [-0.39, 0.29) is 0 Å². The zero-order chi connectivity index (χ0) is 13.1. The van der Waals surface area contributed by atoms with Crippen molar-refractivity contribution in [3.8, 4) is 11.5 Å². The molecule has 0 aliphatic carbocycles. The highest BCUT2D eigenvalue weighted by Crippen LogP contribution is 2.31. The molecular weight excluding hydrogens is 258 g/mol. The van der Waals surface area contributed by atoms with Crippen LogP contribution in [-0.2, 0) is 6.42 Å². The zero-order valence-electron chi connectivity index (χ0n) is 11.4. The summed E-state index contributed by atoms with van der Waals surface area (Å²) >= 11 is 2.07. The number of thioether (sulfide) groups is 1. The normalized spacial score (nSPS) is 25.5. The van der Waals surface area contributed by atoms with Crippen LogP contribution < -0.4 is 14.8 Å². The number of rotatable bonds is 4. The van der Waals surface area contributed by atoms with E-state index in [2.05, 4.69) is 36.1 Å². The zero-order valence-corrected chi connectivity index (χ0v) is 12.2. The molecule has 0 radical (unpaired) electrons. The molecular formula is C15H21NO2S. The molecule has 0 bridgehead atoms. The van der Waals surface area contributed by atoms with Crippen LogP contribution in [0.15, 0.2) is 18.2 Å². The third-order valence-electron chi connectivity index (χ3n) is 3.65. The first-order valence-electron chi connectivity index (χ1n) is 7.05. The number of fused-ring (bicyclic) bond motifs is 1. The smallest absolute Gasteiger partial charge is 0.161 e. The lowest BCUT2D eigenvalue weighted by Crippen LogP contribution is -2.30. The average molecular weight is 279 g/mol. The van der Waals surface area contributed by atoms with Crippen molar-refractivity contribution < 1.29 is 9.47 Å². The van der Waals surface area contributed by atoms with Gasteiger partial charge >= 0.3 is 0 Å². The van der Waals surface area contributed by atoms with E-state index in [0.717, 1.165) is 29.7 Å². The van der Waals surface area contributed by atoms with Crippen molar-refractivity contribution in [2.75, 3.05) is 25.5 Å². The number of hydrogen-bond donors (Lipinski definition) is 1. The molecule has 3 rings (SSSR count). The van der Waals surface area contributed by atoms with Gasteiger partial charge in [-0.05, 0) is 37.1 Å². The SMILES string of the molecule is CC1CC(NCCc2ccc3c(c2)OCCO3)CS1. The molecule has 0 spiro atoms. The van der Waals surface area contributed by atoms with Crippen molar-refractivity contribution in [3.63, 3.8) is 0 Å². The fraction of sp³-hybridized carbons (Fsp3) is 0.600. The van der Waals surface area contributed by atoms with Gasteiger partial charge in [0.1, 0.15) is 13.2 Å². The van der Waals surface area contributed by atoms with Crippen molar-refractivity contribution in [1.82, 2.24) is 5.32 Å². The molecule has 2 aliphatic rings. The second kappa shape index (κ2) is 6.06. The Balaban J connectivity index is 1.50. The summed E-state index contributed by atoms with van der Waals surface area (Å²) in [6.45, 7) is 4.67. The molecule has 0 aromatic heterocycles. The maximum atomic E-state index is 5.61. The lowest BCUT2D eigenvalue weighted by Gasteiger charge is -2.19. The third-order valence-corrected chi connectivity index (χ3v) is 5.01. The predicted molar refractivity (Wildman–Crippen MR) is 79.5 cm³/mol. The second-order valence-electron chi connectivity index (χ2n) is 5.26. The lowest BCUT2D eigenvalue weighted by atomic mass is 10.1. The van der Waals surface area contributed by atoms with Gasteiger partial charge in [-0.3, -0.25) is 0 Å². The summed E-state index contributed by atoms with van der Waals surface area (Å²) < 4.78 is 11.1. The van der Waals surface area contributed by atoms with Gasteiger partial charge in [0.05, 0.1) is 0 Å². The molecule has 1 aromatic rings. The van der Waals surface area contributed by atoms with E-state index in [9.17, 15) is 0 Å². The number of nitrogens with one attached hydrogen (secondary N) is 1. The minimum atomic E-state index is 0.658. The molecule has 0 amide bonds. The summed E-state index contributed by atoms with van der Waals surface area (Å²) in [5.41, 5.74) is 1.32. The van der Waals surface area contributed by atoms with Gasteiger partial charge in [-0.2, -0.15) is 11.8 Å². The van der Waals surface area contributed by atoms with Gasteiger partial charge in [-0.25, -0.2) is 0 Å². The Kier molecular flexibility index (Phi) is 4.18. The second-order valence-corrected chi connectivity index (χ2v) is 6.73. The van der Waals surface area contributed by atoms with Crippen LogP contribution >= 0.6 is 11.8 Å². The molecule has 1 fully saturated rings. The van der Waals surface area contributed by atoms with Crippen LogP contribution in [0.25, 0.3) is 0 Å². The van der Waals surface area contributed by atoms with Crippen molar-refractivity contribution in [3.05, 3.63) is 23.8 Å². The standard InChI is InChI=1S/C15H21NO2S/c1-11-8-13(10-19-11)16-5-4-12-2-3-14-15(9-12)18-7-6-17-14/h2-3,9,11,13,16H,4-8,10H2,1H3. The van der Waals surface area contributed by atoms with E-state index in [0.29, 0.717) is 19.3 Å². The molecule has 1 N–H and O–H groups in total. The van der Waals surface area contributed by atoms with Crippen LogP contribution in [0.4, 0.5) is 0 Å². The van der Waals surface area contributed by atoms with Crippen LogP contribution in [0.1, 0.15) is 18.9 Å². The molecule has 2 atom stereocenters. The van der Waals surface area contributed by atoms with E-state index in [1.165, 1.54) is 17.7 Å². The Morgan fingerprint density at radius 2 is 2.11 bits per heavy atom. The molecule has 104 valence electrons. The topological polar surface area (TPSA) is 30.5 Å². The van der Waals surface area contributed by atoms with E-state index in [4.69, 9.17) is 9.47 Å². The van der Waals surface area contributed by atoms with Crippen molar-refractivity contribution >= 4 is 11.8 Å². The van der Waals surface area contributed by atoms with Crippen molar-refractivity contribution in [2.24, 2.45) is 0 Å². The first-order chi connectivity index (χ1) is 9.31. The molecule has 0 saturated carbocycles. The first-order valence-corrected chi connectivity index (χ1v) is 8.09. The highest BCUT2D eigenvalue weighted by molar-refractivity contribution is 8.00. The van der Waals surface area contributed by atoms with Crippen molar-refractivity contribution in [1.29, 1.82) is 0 Å². The summed E-state index contributed by atoms with van der Waals surface area (Å²) in [7, 11) is 0. The van der Waals surface area contributed by atoms with E-state index in [1.54, 1.807) is 0 Å². The number of benzene rings is 1. The van der Waals surface area contributed by atoms with Gasteiger partial charge in [0, 0.05) is 17.0 Å². The van der Waals surface area contributed by atoms with Crippen LogP contribution in [0.3, 0.4) is 0 Å². The lowest BCUT2D eigenvalue weighted by molar-refractivity contribution is 0.171. The summed E-state index contributed by atoms with van der Waals surface area (Å²) in [4.78, 5) is 0. The quantitative estimate of drug-likeness (QED) is 0.917. The molecule has 19 heavy (non-hydrogen) atoms. The Labute approximate surface area is 119 Å². The summed E-state index contributed by atoms with van der Waals surface area (Å²) in [5, 5.41) is 4.46. The molecule has 1 saturated heterocycles. The van der Waals surface area contributed by atoms with Gasteiger partial charge < -0.3 is 14.8 Å². The van der Waals surface area contributed by atoms with E-state index < -0.39 is 0 Å². The Morgan fingerprint density at radius 1 is 1.26 bits per heavy atom. The highest BCUT2D eigenvalue weighted by atomic mass is 32.2. The fourth-order valence-electron chi connectivity index (χ4n) is 2.62. The van der Waals surface area contributed by atoms with E-state index in [1.807, 2.05) is 6.07 Å². The van der Waals surface area contributed by atoms with Gasteiger partial charge in [0.25, 0.3) is 0 Å². The maximum Gasteiger partial charge on any atom is 0.161 e. The number of ether oxygens (including phenoxy) is 2. The number of hydrogen-bond acceptors (Lipinski definition) is 4. The fourth-order valence-corrected chi connectivity index (χ4v) is 3.81. The van der Waals surface area contributed by atoms with Crippen LogP contribution in [0.2, 0.25) is 0 Å². The third kappa shape index (κ3) is 3.37. The average Bonchev–Trinajstić information content (AvgIpc) is 2.84. The summed E-state index contributed by atoms with van der Waals surface area (Å²) in [6, 6.07) is 6.97. The molecule has 1 aromatic carbocycles. The van der Waals surface area contributed by atoms with Gasteiger partial charge in [-0.1, -0.05) is 13.0 Å². The van der Waals surface area contributed by atoms with Gasteiger partial charge in [0.15, 0.2) is 11.5 Å². The largest absolute Gasteiger partial charge is 0.486 e. The summed E-state index contributed by atoms with van der Waals surface area (Å²) in [5.74, 6) is 3.03. The minimum absolute atomic E-state index is 0.658. The van der Waals surface area contributed by atoms with Gasteiger partial charge in [-0.15, -0.1) is 0 Å². The van der Waals surface area contributed by atoms with Crippen LogP contribution in [-0.4, -0.2) is 36.8 Å². The molecule has 2 unspecified atom stereocenters. The first kappa shape index (κ1) is 13.1. The maximum absolute atomic E-state index is 5.61. The van der Waals surface area contributed by atoms with Crippen LogP contribution in [0, 0.1) is 0 Å². The minimum Gasteiger partial charge on any atom is -0.486 e. The highest BCUT2D eigenvalue weighted by Gasteiger charge is 2.20. The van der Waals surface area contributed by atoms with E-state index >= 15 is 0 Å². The van der Waals surface area contributed by atoms with Gasteiger partial charge in [0.2, 0.25) is 0 Å². The predicted octanol–water partition coefficient (Wildman–Crippen LogP) is 2.48.